The molecule has 6 heteroatoms. The zero-order valence-electron chi connectivity index (χ0n) is 8.14. The largest absolute Gasteiger partial charge is 0.368 e. The highest BCUT2D eigenvalue weighted by Crippen LogP contribution is 2.12. The van der Waals surface area contributed by atoms with Crippen LogP contribution in [-0.2, 0) is 19.1 Å². The molecule has 0 fully saturated rings. The minimum absolute atomic E-state index is 0.00866. The van der Waals surface area contributed by atoms with Crippen molar-refractivity contribution in [3.63, 3.8) is 0 Å². The van der Waals surface area contributed by atoms with Gasteiger partial charge in [0.2, 0.25) is 5.91 Å². The van der Waals surface area contributed by atoms with Crippen LogP contribution < -0.4 is 5.73 Å². The molecule has 2 N–H and O–H groups in total. The van der Waals surface area contributed by atoms with Crippen LogP contribution in [-0.4, -0.2) is 20.9 Å². The molecule has 5 nitrogen and oxygen atoms in total. The lowest BCUT2D eigenvalue weighted by Crippen LogP contribution is -2.21. The molecule has 1 amide bonds. The van der Waals surface area contributed by atoms with Gasteiger partial charge in [0.15, 0.2) is 0 Å². The maximum absolute atomic E-state index is 11.4. The molecule has 0 unspecified atom stereocenters. The maximum atomic E-state index is 11.4. The summed E-state index contributed by atoms with van der Waals surface area (Å²) in [4.78, 5) is 10.4. The van der Waals surface area contributed by atoms with Crippen molar-refractivity contribution in [3.8, 4) is 0 Å². The molecule has 0 spiro atoms. The highest BCUT2D eigenvalue weighted by atomic mass is 32.2. The average Bonchev–Trinajstić information content (AvgIpc) is 2.16. The molecule has 0 saturated carbocycles. The van der Waals surface area contributed by atoms with Crippen LogP contribution in [0, 0.1) is 6.92 Å². The van der Waals surface area contributed by atoms with Gasteiger partial charge in [-0.1, -0.05) is 17.7 Å². The molecule has 0 aliphatic carbocycles. The van der Waals surface area contributed by atoms with Crippen LogP contribution in [0.3, 0.4) is 0 Å². The van der Waals surface area contributed by atoms with Gasteiger partial charge in [-0.05, 0) is 19.1 Å². The van der Waals surface area contributed by atoms with E-state index in [1.807, 2.05) is 6.92 Å². The van der Waals surface area contributed by atoms with Crippen molar-refractivity contribution in [2.75, 3.05) is 6.61 Å². The van der Waals surface area contributed by atoms with E-state index >= 15 is 0 Å². The second-order valence-corrected chi connectivity index (χ2v) is 4.61. The number of carbonyl (C=O) groups is 1. The van der Waals surface area contributed by atoms with Crippen LogP contribution in [0.4, 0.5) is 0 Å². The van der Waals surface area contributed by atoms with Gasteiger partial charge in [0.05, 0.1) is 4.90 Å². The minimum atomic E-state index is -3.87. The first-order valence-corrected chi connectivity index (χ1v) is 5.57. The molecule has 0 saturated heterocycles. The first kappa shape index (κ1) is 11.7. The number of benzene rings is 1. The smallest absolute Gasteiger partial charge is 0.297 e. The van der Waals surface area contributed by atoms with E-state index in [1.54, 1.807) is 12.1 Å². The molecule has 0 atom stereocenters. The fourth-order valence-electron chi connectivity index (χ4n) is 0.909. The summed E-state index contributed by atoms with van der Waals surface area (Å²) < 4.78 is 27.3. The third-order valence-corrected chi connectivity index (χ3v) is 2.94. The van der Waals surface area contributed by atoms with E-state index in [4.69, 9.17) is 5.73 Å². The zero-order valence-corrected chi connectivity index (χ0v) is 8.95. The van der Waals surface area contributed by atoms with Gasteiger partial charge in [0.1, 0.15) is 6.61 Å². The number of carbonyl (C=O) groups excluding carboxylic acids is 1. The summed E-state index contributed by atoms with van der Waals surface area (Å²) >= 11 is 0. The van der Waals surface area contributed by atoms with Gasteiger partial charge in [0.25, 0.3) is 10.1 Å². The van der Waals surface area contributed by atoms with E-state index in [0.717, 1.165) is 5.56 Å². The van der Waals surface area contributed by atoms with Gasteiger partial charge in [-0.2, -0.15) is 8.42 Å². The quantitative estimate of drug-likeness (QED) is 0.746. The summed E-state index contributed by atoms with van der Waals surface area (Å²) in [7, 11) is -3.87. The predicted octanol–water partition coefficient (Wildman–Crippen LogP) is 0.186. The van der Waals surface area contributed by atoms with Crippen LogP contribution in [0.2, 0.25) is 0 Å². The van der Waals surface area contributed by atoms with Gasteiger partial charge in [0, 0.05) is 0 Å². The van der Waals surface area contributed by atoms with Crippen LogP contribution in [0.15, 0.2) is 29.2 Å². The maximum Gasteiger partial charge on any atom is 0.297 e. The van der Waals surface area contributed by atoms with E-state index in [0.29, 0.717) is 0 Å². The van der Waals surface area contributed by atoms with Crippen LogP contribution in [0.25, 0.3) is 0 Å². The van der Waals surface area contributed by atoms with Gasteiger partial charge in [-0.15, -0.1) is 0 Å². The Morgan fingerprint density at radius 2 is 1.87 bits per heavy atom. The second kappa shape index (κ2) is 4.41. The normalized spacial score (nSPS) is 11.3. The van der Waals surface area contributed by atoms with Crippen molar-refractivity contribution in [2.45, 2.75) is 11.8 Å². The molecule has 1 rings (SSSR count). The van der Waals surface area contributed by atoms with E-state index in [2.05, 4.69) is 4.18 Å². The van der Waals surface area contributed by atoms with Crippen molar-refractivity contribution in [1.82, 2.24) is 0 Å². The molecule has 82 valence electrons. The minimum Gasteiger partial charge on any atom is -0.368 e. The molecule has 0 aliphatic rings. The zero-order chi connectivity index (χ0) is 11.5. The number of primary amides is 1. The molecule has 1 aromatic rings. The summed E-state index contributed by atoms with van der Waals surface area (Å²) in [6, 6.07) is 6.10. The Balaban J connectivity index is 2.87. The SMILES string of the molecule is Cc1ccc(S(=O)(=O)OCC(N)=O)cc1. The summed E-state index contributed by atoms with van der Waals surface area (Å²) in [6.07, 6.45) is 0. The van der Waals surface area contributed by atoms with Crippen LogP contribution >= 0.6 is 0 Å². The lowest BCUT2D eigenvalue weighted by molar-refractivity contribution is -0.119. The molecule has 1 aromatic carbocycles. The monoisotopic (exact) mass is 229 g/mol. The number of nitrogens with two attached hydrogens (primary N) is 1. The van der Waals surface area contributed by atoms with E-state index < -0.39 is 22.6 Å². The number of aryl methyl sites for hydroxylation is 1. The van der Waals surface area contributed by atoms with E-state index in [9.17, 15) is 13.2 Å². The fourth-order valence-corrected chi connectivity index (χ4v) is 1.79. The molecule has 0 radical (unpaired) electrons. The van der Waals surface area contributed by atoms with Crippen molar-refractivity contribution in [3.05, 3.63) is 29.8 Å². The highest BCUT2D eigenvalue weighted by Gasteiger charge is 2.15. The van der Waals surface area contributed by atoms with E-state index in [-0.39, 0.29) is 4.90 Å². The molecule has 0 aliphatic heterocycles. The van der Waals surface area contributed by atoms with Crippen molar-refractivity contribution in [2.24, 2.45) is 5.73 Å². The Hall–Kier alpha value is -1.40. The number of hydrogen-bond donors (Lipinski definition) is 1. The van der Waals surface area contributed by atoms with Gasteiger partial charge in [-0.25, -0.2) is 0 Å². The molecule has 0 heterocycles. The topological polar surface area (TPSA) is 86.5 Å². The van der Waals surface area contributed by atoms with Crippen molar-refractivity contribution < 1.29 is 17.4 Å². The standard InChI is InChI=1S/C9H11NO4S/c1-7-2-4-8(5-3-7)15(12,13)14-6-9(10)11/h2-5H,6H2,1H3,(H2,10,11). The molecular formula is C9H11NO4S. The Labute approximate surface area is 88.0 Å². The Kier molecular flexibility index (Phi) is 3.43. The summed E-state index contributed by atoms with van der Waals surface area (Å²) in [6.45, 7) is 1.19. The lowest BCUT2D eigenvalue weighted by atomic mass is 10.2. The van der Waals surface area contributed by atoms with Crippen molar-refractivity contribution in [1.29, 1.82) is 0 Å². The summed E-state index contributed by atoms with van der Waals surface area (Å²) in [5.41, 5.74) is 5.71. The molecule has 0 aromatic heterocycles. The van der Waals surface area contributed by atoms with Crippen LogP contribution in [0.1, 0.15) is 5.56 Å². The number of hydrogen-bond acceptors (Lipinski definition) is 4. The fraction of sp³-hybridized carbons (Fsp3) is 0.222. The lowest BCUT2D eigenvalue weighted by Gasteiger charge is -2.03. The van der Waals surface area contributed by atoms with E-state index in [1.165, 1.54) is 12.1 Å². The third-order valence-electron chi connectivity index (χ3n) is 1.67. The molecule has 0 bridgehead atoms. The second-order valence-electron chi connectivity index (χ2n) is 3.00. The third kappa shape index (κ3) is 3.34. The first-order valence-electron chi connectivity index (χ1n) is 4.16. The van der Waals surface area contributed by atoms with Gasteiger partial charge < -0.3 is 5.73 Å². The number of rotatable bonds is 4. The average molecular weight is 229 g/mol. The predicted molar refractivity (Wildman–Crippen MR) is 53.5 cm³/mol. The summed E-state index contributed by atoms with van der Waals surface area (Å²) in [5, 5.41) is 0. The molecule has 15 heavy (non-hydrogen) atoms. The van der Waals surface area contributed by atoms with Crippen LogP contribution in [0.5, 0.6) is 0 Å². The summed E-state index contributed by atoms with van der Waals surface area (Å²) in [5.74, 6) is -0.828. The Morgan fingerprint density at radius 1 is 1.33 bits per heavy atom. The number of amides is 1. The molecular weight excluding hydrogens is 218 g/mol. The van der Waals surface area contributed by atoms with Gasteiger partial charge in [-0.3, -0.25) is 8.98 Å². The Bertz CT molecular complexity index is 450. The highest BCUT2D eigenvalue weighted by molar-refractivity contribution is 7.86. The first-order chi connectivity index (χ1) is 6.92. The van der Waals surface area contributed by atoms with Gasteiger partial charge >= 0.3 is 0 Å². The van der Waals surface area contributed by atoms with Crippen molar-refractivity contribution >= 4 is 16.0 Å². The Morgan fingerprint density at radius 3 is 2.33 bits per heavy atom.